The Kier molecular flexibility index (Phi) is 6.55. The van der Waals surface area contributed by atoms with E-state index in [1.807, 2.05) is 35.2 Å². The van der Waals surface area contributed by atoms with Crippen molar-refractivity contribution in [1.29, 1.82) is 0 Å². The Morgan fingerprint density at radius 1 is 1.33 bits per heavy atom. The van der Waals surface area contributed by atoms with Gasteiger partial charge in [-0.3, -0.25) is 9.59 Å². The van der Waals surface area contributed by atoms with Crippen molar-refractivity contribution in [2.75, 3.05) is 25.1 Å². The number of benzene rings is 1. The molecule has 24 heavy (non-hydrogen) atoms. The lowest BCUT2D eigenvalue weighted by atomic mass is 10.0. The third-order valence-corrected chi connectivity index (χ3v) is 3.90. The van der Waals surface area contributed by atoms with Crippen molar-refractivity contribution in [3.63, 3.8) is 0 Å². The fourth-order valence-corrected chi connectivity index (χ4v) is 2.83. The van der Waals surface area contributed by atoms with E-state index < -0.39 is 0 Å². The van der Waals surface area contributed by atoms with Gasteiger partial charge in [-0.25, -0.2) is 0 Å². The van der Waals surface area contributed by atoms with Crippen molar-refractivity contribution in [2.24, 2.45) is 5.92 Å². The molecule has 1 saturated heterocycles. The van der Waals surface area contributed by atoms with Crippen molar-refractivity contribution >= 4 is 23.6 Å². The molecule has 1 fully saturated rings. The van der Waals surface area contributed by atoms with Gasteiger partial charge in [-0.1, -0.05) is 26.0 Å². The molecular weight excluding hydrogens is 304 g/mol. The zero-order chi connectivity index (χ0) is 17.5. The van der Waals surface area contributed by atoms with Crippen molar-refractivity contribution < 1.29 is 14.3 Å². The zero-order valence-corrected chi connectivity index (χ0v) is 14.6. The number of morpholine rings is 1. The molecule has 0 unspecified atom stereocenters. The van der Waals surface area contributed by atoms with E-state index in [0.29, 0.717) is 25.7 Å². The Balaban J connectivity index is 1.99. The lowest BCUT2D eigenvalue weighted by Crippen LogP contribution is -2.48. The number of nitrogens with zero attached hydrogens (tertiary/aromatic N) is 1. The molecule has 1 aliphatic rings. The molecule has 1 atom stereocenters. The summed E-state index contributed by atoms with van der Waals surface area (Å²) in [5, 5.41) is 2.72. The molecule has 0 radical (unpaired) electrons. The second-order valence-corrected chi connectivity index (χ2v) is 6.53. The van der Waals surface area contributed by atoms with Crippen molar-refractivity contribution in [1.82, 2.24) is 4.90 Å². The van der Waals surface area contributed by atoms with Gasteiger partial charge in [0, 0.05) is 25.2 Å². The molecule has 1 heterocycles. The van der Waals surface area contributed by atoms with Gasteiger partial charge in [-0.2, -0.15) is 0 Å². The summed E-state index contributed by atoms with van der Waals surface area (Å²) in [7, 11) is 0. The van der Waals surface area contributed by atoms with E-state index in [4.69, 9.17) is 4.74 Å². The maximum absolute atomic E-state index is 12.5. The average molecular weight is 330 g/mol. The summed E-state index contributed by atoms with van der Waals surface area (Å²) in [6.07, 6.45) is 4.37. The maximum atomic E-state index is 12.5. The van der Waals surface area contributed by atoms with Crippen molar-refractivity contribution in [3.8, 4) is 0 Å². The van der Waals surface area contributed by atoms with Crippen molar-refractivity contribution in [2.45, 2.75) is 33.2 Å². The van der Waals surface area contributed by atoms with E-state index in [1.165, 1.54) is 6.92 Å². The number of anilines is 1. The number of hydrogen-bond acceptors (Lipinski definition) is 3. The van der Waals surface area contributed by atoms with Crippen LogP contribution in [0, 0.1) is 5.92 Å². The molecule has 5 heteroatoms. The number of carbonyl (C=O) groups is 2. The zero-order valence-electron chi connectivity index (χ0n) is 14.6. The molecule has 1 aromatic carbocycles. The molecule has 130 valence electrons. The van der Waals surface area contributed by atoms with Crippen LogP contribution in [0.4, 0.5) is 5.69 Å². The summed E-state index contributed by atoms with van der Waals surface area (Å²) in [6.45, 7) is 7.64. The molecule has 0 aliphatic carbocycles. The van der Waals surface area contributed by atoms with Crippen molar-refractivity contribution in [3.05, 3.63) is 35.9 Å². The quantitative estimate of drug-likeness (QED) is 0.845. The molecule has 1 N–H and O–H groups in total. The molecule has 5 nitrogen and oxygen atoms in total. The Morgan fingerprint density at radius 3 is 2.67 bits per heavy atom. The third-order valence-electron chi connectivity index (χ3n) is 3.90. The smallest absolute Gasteiger partial charge is 0.246 e. The van der Waals surface area contributed by atoms with Gasteiger partial charge in [0.2, 0.25) is 11.8 Å². The average Bonchev–Trinajstić information content (AvgIpc) is 2.53. The molecule has 0 saturated carbocycles. The van der Waals surface area contributed by atoms with Crippen LogP contribution in [0.25, 0.3) is 6.08 Å². The van der Waals surface area contributed by atoms with Crippen LogP contribution in [0.15, 0.2) is 30.3 Å². The Morgan fingerprint density at radius 2 is 2.04 bits per heavy atom. The highest BCUT2D eigenvalue weighted by atomic mass is 16.5. The summed E-state index contributed by atoms with van der Waals surface area (Å²) in [4.78, 5) is 25.4. The monoisotopic (exact) mass is 330 g/mol. The molecule has 2 amide bonds. The Labute approximate surface area is 143 Å². The standard InChI is InChI=1S/C19H26N2O3/c1-14(2)12-18-13-24-11-10-21(18)19(23)9-6-16-4-7-17(8-5-16)20-15(3)22/h4-9,14,18H,10-13H2,1-3H3,(H,20,22)/b9-6-/t18-/m0/s1. The molecular formula is C19H26N2O3. The van der Waals surface area contributed by atoms with Crippen LogP contribution in [0.3, 0.4) is 0 Å². The van der Waals surface area contributed by atoms with E-state index in [9.17, 15) is 9.59 Å². The lowest BCUT2D eigenvalue weighted by molar-refractivity contribution is -0.135. The van der Waals surface area contributed by atoms with Gasteiger partial charge in [0.1, 0.15) is 0 Å². The van der Waals surface area contributed by atoms with Crippen LogP contribution in [0.1, 0.15) is 32.8 Å². The first kappa shape index (κ1) is 18.2. The first-order chi connectivity index (χ1) is 11.5. The fraction of sp³-hybridized carbons (Fsp3) is 0.474. The van der Waals surface area contributed by atoms with Gasteiger partial charge in [0.05, 0.1) is 19.3 Å². The number of ether oxygens (including phenoxy) is 1. The summed E-state index contributed by atoms with van der Waals surface area (Å²) >= 11 is 0. The lowest BCUT2D eigenvalue weighted by Gasteiger charge is -2.36. The van der Waals surface area contributed by atoms with E-state index in [2.05, 4.69) is 19.2 Å². The van der Waals surface area contributed by atoms with Gasteiger partial charge in [-0.15, -0.1) is 0 Å². The fourth-order valence-electron chi connectivity index (χ4n) is 2.83. The highest BCUT2D eigenvalue weighted by molar-refractivity contribution is 5.92. The summed E-state index contributed by atoms with van der Waals surface area (Å²) in [5.41, 5.74) is 1.67. The number of rotatable bonds is 5. The minimum Gasteiger partial charge on any atom is -0.377 e. The van der Waals surface area contributed by atoms with Gasteiger partial charge in [0.15, 0.2) is 0 Å². The predicted molar refractivity (Wildman–Crippen MR) is 95.6 cm³/mol. The SMILES string of the molecule is CC(=O)Nc1ccc(/C=C\C(=O)N2CCOC[C@@H]2CC(C)C)cc1. The maximum Gasteiger partial charge on any atom is 0.246 e. The molecule has 0 bridgehead atoms. The Bertz CT molecular complexity index is 593. The molecule has 2 rings (SSSR count). The second-order valence-electron chi connectivity index (χ2n) is 6.53. The predicted octanol–water partition coefficient (Wildman–Crippen LogP) is 2.93. The van der Waals surface area contributed by atoms with Gasteiger partial charge in [0.25, 0.3) is 0 Å². The topological polar surface area (TPSA) is 58.6 Å². The van der Waals surface area contributed by atoms with Crippen LogP contribution >= 0.6 is 0 Å². The molecule has 1 aromatic rings. The summed E-state index contributed by atoms with van der Waals surface area (Å²) in [6, 6.07) is 7.54. The minimum absolute atomic E-state index is 0.0230. The van der Waals surface area contributed by atoms with Crippen LogP contribution < -0.4 is 5.32 Å². The number of hydrogen-bond donors (Lipinski definition) is 1. The van der Waals surface area contributed by atoms with E-state index in [1.54, 1.807) is 6.08 Å². The highest BCUT2D eigenvalue weighted by Crippen LogP contribution is 2.17. The van der Waals surface area contributed by atoms with E-state index >= 15 is 0 Å². The first-order valence-electron chi connectivity index (χ1n) is 8.40. The number of nitrogens with one attached hydrogen (secondary N) is 1. The normalized spacial score (nSPS) is 18.2. The largest absolute Gasteiger partial charge is 0.377 e. The summed E-state index contributed by atoms with van der Waals surface area (Å²) in [5.74, 6) is 0.448. The Hall–Kier alpha value is -2.14. The first-order valence-corrected chi connectivity index (χ1v) is 8.40. The van der Waals surface area contributed by atoms with Gasteiger partial charge < -0.3 is 15.0 Å². The molecule has 0 spiro atoms. The van der Waals surface area contributed by atoms with Crippen LogP contribution in [-0.4, -0.2) is 42.5 Å². The highest BCUT2D eigenvalue weighted by Gasteiger charge is 2.26. The minimum atomic E-state index is -0.100. The molecule has 1 aliphatic heterocycles. The van der Waals surface area contributed by atoms with Crippen LogP contribution in [-0.2, 0) is 14.3 Å². The van der Waals surface area contributed by atoms with Crippen LogP contribution in [0.5, 0.6) is 0 Å². The summed E-state index contributed by atoms with van der Waals surface area (Å²) < 4.78 is 5.52. The third kappa shape index (κ3) is 5.49. The van der Waals surface area contributed by atoms with E-state index in [0.717, 1.165) is 17.7 Å². The number of carbonyl (C=O) groups excluding carboxylic acids is 2. The van der Waals surface area contributed by atoms with E-state index in [-0.39, 0.29) is 17.9 Å². The van der Waals surface area contributed by atoms with Crippen LogP contribution in [0.2, 0.25) is 0 Å². The number of amides is 2. The van der Waals surface area contributed by atoms with Gasteiger partial charge >= 0.3 is 0 Å². The second kappa shape index (κ2) is 8.64. The molecule has 0 aromatic heterocycles. The van der Waals surface area contributed by atoms with Gasteiger partial charge in [-0.05, 0) is 36.1 Å².